The molecule has 1 aromatic rings. The van der Waals surface area contributed by atoms with Crippen LogP contribution in [0.15, 0.2) is 17.1 Å². The lowest BCUT2D eigenvalue weighted by Gasteiger charge is -1.90. The van der Waals surface area contributed by atoms with Gasteiger partial charge in [-0.2, -0.15) is 0 Å². The van der Waals surface area contributed by atoms with Crippen LogP contribution in [0.25, 0.3) is 0 Å². The van der Waals surface area contributed by atoms with Crippen LogP contribution < -0.4 is 5.56 Å². The van der Waals surface area contributed by atoms with E-state index in [0.717, 1.165) is 6.07 Å². The van der Waals surface area contributed by atoms with E-state index in [-0.39, 0.29) is 5.69 Å². The average Bonchev–Trinajstić information content (AvgIpc) is 1.94. The van der Waals surface area contributed by atoms with Gasteiger partial charge in [0.1, 0.15) is 0 Å². The monoisotopic (exact) mass is 174 g/mol. The fraction of sp³-hybridized carbons (Fsp3) is 0. The predicted molar refractivity (Wildman–Crippen MR) is 38.7 cm³/mol. The second-order valence-electron chi connectivity index (χ2n) is 1.76. The first kappa shape index (κ1) is 7.74. The number of H-pyrrole nitrogens is 1. The maximum absolute atomic E-state index is 10.7. The van der Waals surface area contributed by atoms with Crippen LogP contribution in [0.4, 0.5) is 5.69 Å². The second-order valence-corrected chi connectivity index (χ2v) is 2.14. The standard InChI is InChI=1S/C5H3ClN2O3/c6-4-3(8(10)11)1-2-7-5(4)9/h1-2H,(H,7,9). The highest BCUT2D eigenvalue weighted by molar-refractivity contribution is 6.32. The molecule has 0 atom stereocenters. The van der Waals surface area contributed by atoms with Crippen molar-refractivity contribution in [1.29, 1.82) is 0 Å². The van der Waals surface area contributed by atoms with Crippen LogP contribution in [0, 0.1) is 10.1 Å². The van der Waals surface area contributed by atoms with Gasteiger partial charge in [0.25, 0.3) is 11.2 Å². The maximum atomic E-state index is 10.7. The van der Waals surface area contributed by atoms with E-state index in [4.69, 9.17) is 11.6 Å². The molecule has 0 aliphatic carbocycles. The second kappa shape index (κ2) is 2.71. The van der Waals surface area contributed by atoms with Crippen molar-refractivity contribution in [3.63, 3.8) is 0 Å². The number of aromatic nitrogens is 1. The summed E-state index contributed by atoms with van der Waals surface area (Å²) in [5, 5.41) is 9.75. The van der Waals surface area contributed by atoms with Crippen molar-refractivity contribution in [3.8, 4) is 0 Å². The molecule has 5 nitrogen and oxygen atoms in total. The topological polar surface area (TPSA) is 76.0 Å². The summed E-state index contributed by atoms with van der Waals surface area (Å²) in [5.41, 5.74) is -1.03. The highest BCUT2D eigenvalue weighted by Crippen LogP contribution is 2.17. The van der Waals surface area contributed by atoms with Gasteiger partial charge in [-0.3, -0.25) is 14.9 Å². The normalized spacial score (nSPS) is 9.55. The van der Waals surface area contributed by atoms with E-state index in [1.165, 1.54) is 6.20 Å². The number of rotatable bonds is 1. The molecule has 6 heteroatoms. The van der Waals surface area contributed by atoms with Gasteiger partial charge < -0.3 is 4.98 Å². The van der Waals surface area contributed by atoms with E-state index in [0.29, 0.717) is 0 Å². The summed E-state index contributed by atoms with van der Waals surface area (Å²) in [6.45, 7) is 0. The Morgan fingerprint density at radius 2 is 2.27 bits per heavy atom. The third-order valence-corrected chi connectivity index (χ3v) is 1.44. The van der Waals surface area contributed by atoms with Gasteiger partial charge in [-0.15, -0.1) is 0 Å². The molecule has 58 valence electrons. The molecule has 11 heavy (non-hydrogen) atoms. The minimum absolute atomic E-state index is 0.379. The molecule has 1 aromatic heterocycles. The van der Waals surface area contributed by atoms with Crippen LogP contribution in [0.2, 0.25) is 5.02 Å². The zero-order chi connectivity index (χ0) is 8.43. The van der Waals surface area contributed by atoms with Gasteiger partial charge in [-0.05, 0) is 0 Å². The number of aromatic amines is 1. The first-order valence-electron chi connectivity index (χ1n) is 2.64. The molecular formula is C5H3ClN2O3. The fourth-order valence-electron chi connectivity index (χ4n) is 0.590. The Morgan fingerprint density at radius 3 is 2.73 bits per heavy atom. The lowest BCUT2D eigenvalue weighted by Crippen LogP contribution is -2.07. The van der Waals surface area contributed by atoms with Crippen molar-refractivity contribution >= 4 is 17.3 Å². The van der Waals surface area contributed by atoms with Crippen LogP contribution in [-0.4, -0.2) is 9.91 Å². The number of pyridine rings is 1. The highest BCUT2D eigenvalue weighted by atomic mass is 35.5. The van der Waals surface area contributed by atoms with Crippen molar-refractivity contribution in [1.82, 2.24) is 4.98 Å². The van der Waals surface area contributed by atoms with E-state index >= 15 is 0 Å². The molecule has 0 aliphatic heterocycles. The van der Waals surface area contributed by atoms with Crippen LogP contribution in [0.5, 0.6) is 0 Å². The van der Waals surface area contributed by atoms with Crippen molar-refractivity contribution in [2.24, 2.45) is 0 Å². The maximum Gasteiger partial charge on any atom is 0.295 e. The minimum atomic E-state index is -0.711. The SMILES string of the molecule is O=c1[nH]ccc([N+](=O)[O-])c1Cl. The molecule has 1 N–H and O–H groups in total. The van der Waals surface area contributed by atoms with E-state index in [2.05, 4.69) is 4.98 Å². The number of halogens is 1. The average molecular weight is 175 g/mol. The molecule has 0 aromatic carbocycles. The van der Waals surface area contributed by atoms with Crippen molar-refractivity contribution in [2.75, 3.05) is 0 Å². The predicted octanol–water partition coefficient (Wildman–Crippen LogP) is 0.936. The summed E-state index contributed by atoms with van der Waals surface area (Å²) in [6, 6.07) is 1.13. The summed E-state index contributed by atoms with van der Waals surface area (Å²) in [6.07, 6.45) is 1.17. The Bertz CT molecular complexity index is 346. The minimum Gasteiger partial charge on any atom is -0.327 e. The lowest BCUT2D eigenvalue weighted by molar-refractivity contribution is -0.384. The molecule has 0 amide bonds. The third kappa shape index (κ3) is 1.38. The van der Waals surface area contributed by atoms with E-state index in [9.17, 15) is 14.9 Å². The van der Waals surface area contributed by atoms with E-state index in [1.807, 2.05) is 0 Å². The molecule has 0 unspecified atom stereocenters. The van der Waals surface area contributed by atoms with Gasteiger partial charge in [0.2, 0.25) is 0 Å². The van der Waals surface area contributed by atoms with E-state index < -0.39 is 15.5 Å². The molecule has 0 aliphatic rings. The quantitative estimate of drug-likeness (QED) is 0.508. The lowest BCUT2D eigenvalue weighted by atomic mass is 10.4. The zero-order valence-electron chi connectivity index (χ0n) is 5.20. The summed E-state index contributed by atoms with van der Waals surface area (Å²) < 4.78 is 0. The number of hydrogen-bond donors (Lipinski definition) is 1. The largest absolute Gasteiger partial charge is 0.327 e. The van der Waals surface area contributed by atoms with Crippen LogP contribution >= 0.6 is 11.6 Å². The molecular weight excluding hydrogens is 172 g/mol. The van der Waals surface area contributed by atoms with Crippen molar-refractivity contribution in [3.05, 3.63) is 37.8 Å². The third-order valence-electron chi connectivity index (χ3n) is 1.08. The Labute approximate surface area is 65.8 Å². The summed E-state index contributed by atoms with van der Waals surface area (Å²) in [4.78, 5) is 22.3. The first-order valence-corrected chi connectivity index (χ1v) is 3.02. The molecule has 0 saturated carbocycles. The Hall–Kier alpha value is -1.36. The molecule has 0 spiro atoms. The van der Waals surface area contributed by atoms with Gasteiger partial charge >= 0.3 is 0 Å². The molecule has 1 heterocycles. The van der Waals surface area contributed by atoms with Crippen LogP contribution in [-0.2, 0) is 0 Å². The molecule has 0 fully saturated rings. The van der Waals surface area contributed by atoms with Crippen LogP contribution in [0.3, 0.4) is 0 Å². The molecule has 1 rings (SSSR count). The highest BCUT2D eigenvalue weighted by Gasteiger charge is 2.13. The first-order chi connectivity index (χ1) is 5.13. The summed E-state index contributed by atoms with van der Waals surface area (Å²) in [5.74, 6) is 0. The fourth-order valence-corrected chi connectivity index (χ4v) is 0.777. The van der Waals surface area contributed by atoms with Gasteiger partial charge in [0.15, 0.2) is 5.02 Å². The van der Waals surface area contributed by atoms with Gasteiger partial charge in [-0.25, -0.2) is 0 Å². The molecule has 0 radical (unpaired) electrons. The number of nitro groups is 1. The van der Waals surface area contributed by atoms with E-state index in [1.54, 1.807) is 0 Å². The zero-order valence-corrected chi connectivity index (χ0v) is 5.96. The smallest absolute Gasteiger partial charge is 0.295 e. The van der Waals surface area contributed by atoms with Crippen molar-refractivity contribution in [2.45, 2.75) is 0 Å². The molecule has 0 bridgehead atoms. The van der Waals surface area contributed by atoms with Crippen LogP contribution in [0.1, 0.15) is 0 Å². The van der Waals surface area contributed by atoms with Gasteiger partial charge in [0, 0.05) is 12.3 Å². The Kier molecular flexibility index (Phi) is 1.91. The Morgan fingerprint density at radius 1 is 1.64 bits per heavy atom. The number of nitrogens with zero attached hydrogens (tertiary/aromatic N) is 1. The van der Waals surface area contributed by atoms with Gasteiger partial charge in [0.05, 0.1) is 4.92 Å². The number of hydrogen-bond acceptors (Lipinski definition) is 3. The Balaban J connectivity index is 3.39. The van der Waals surface area contributed by atoms with Gasteiger partial charge in [-0.1, -0.05) is 11.6 Å². The number of nitrogens with one attached hydrogen (secondary N) is 1. The molecule has 0 saturated heterocycles. The summed E-state index contributed by atoms with van der Waals surface area (Å²) in [7, 11) is 0. The van der Waals surface area contributed by atoms with Crippen molar-refractivity contribution < 1.29 is 4.92 Å². The summed E-state index contributed by atoms with van der Waals surface area (Å²) >= 11 is 5.30.